The van der Waals surface area contributed by atoms with Crippen LogP contribution in [0.15, 0.2) is 48.7 Å². The van der Waals surface area contributed by atoms with Crippen LogP contribution in [0, 0.1) is 0 Å². The van der Waals surface area contributed by atoms with E-state index < -0.39 is 0 Å². The van der Waals surface area contributed by atoms with E-state index in [0.29, 0.717) is 0 Å². The summed E-state index contributed by atoms with van der Waals surface area (Å²) in [7, 11) is 0. The SMILES string of the molecule is c1ccc2c(Nc3ccc4cn[nH]c4c3)nc(CN3CCOCC3)nc2c1. The molecule has 0 unspecified atom stereocenters. The molecule has 0 saturated carbocycles. The van der Waals surface area contributed by atoms with Gasteiger partial charge in [-0.25, -0.2) is 9.97 Å². The topological polar surface area (TPSA) is 79.0 Å². The van der Waals surface area contributed by atoms with Crippen LogP contribution >= 0.6 is 0 Å². The number of H-pyrrole nitrogens is 1. The molecule has 2 aromatic carbocycles. The summed E-state index contributed by atoms with van der Waals surface area (Å²) in [5.41, 5.74) is 2.90. The average Bonchev–Trinajstić information content (AvgIpc) is 3.17. The number of morpholine rings is 1. The summed E-state index contributed by atoms with van der Waals surface area (Å²) in [6, 6.07) is 14.2. The summed E-state index contributed by atoms with van der Waals surface area (Å²) in [4.78, 5) is 11.9. The minimum atomic E-state index is 0.725. The maximum absolute atomic E-state index is 5.44. The Hall–Kier alpha value is -3.03. The molecule has 0 bridgehead atoms. The van der Waals surface area contributed by atoms with Crippen LogP contribution in [0.4, 0.5) is 11.5 Å². The van der Waals surface area contributed by atoms with Crippen LogP contribution in [-0.2, 0) is 11.3 Å². The zero-order valence-electron chi connectivity index (χ0n) is 14.9. The van der Waals surface area contributed by atoms with Gasteiger partial charge in [-0.3, -0.25) is 10.00 Å². The first-order valence-corrected chi connectivity index (χ1v) is 9.11. The van der Waals surface area contributed by atoms with Crippen molar-refractivity contribution in [2.75, 3.05) is 31.6 Å². The summed E-state index contributed by atoms with van der Waals surface area (Å²) in [5.74, 6) is 1.64. The van der Waals surface area contributed by atoms with Gasteiger partial charge >= 0.3 is 0 Å². The lowest BCUT2D eigenvalue weighted by atomic mass is 10.2. The highest BCUT2D eigenvalue weighted by molar-refractivity contribution is 5.92. The van der Waals surface area contributed by atoms with Crippen molar-refractivity contribution in [2.24, 2.45) is 0 Å². The highest BCUT2D eigenvalue weighted by Crippen LogP contribution is 2.26. The molecule has 4 aromatic rings. The maximum Gasteiger partial charge on any atom is 0.145 e. The van der Waals surface area contributed by atoms with Gasteiger partial charge in [-0.1, -0.05) is 12.1 Å². The number of hydrogen-bond acceptors (Lipinski definition) is 6. The van der Waals surface area contributed by atoms with Crippen molar-refractivity contribution in [1.82, 2.24) is 25.1 Å². The monoisotopic (exact) mass is 360 g/mol. The Balaban J connectivity index is 1.50. The van der Waals surface area contributed by atoms with Gasteiger partial charge < -0.3 is 10.1 Å². The second-order valence-electron chi connectivity index (χ2n) is 6.69. The van der Waals surface area contributed by atoms with E-state index in [2.05, 4.69) is 20.4 Å². The van der Waals surface area contributed by atoms with Crippen LogP contribution in [0.25, 0.3) is 21.8 Å². The minimum absolute atomic E-state index is 0.725. The largest absolute Gasteiger partial charge is 0.379 e. The zero-order valence-corrected chi connectivity index (χ0v) is 14.9. The van der Waals surface area contributed by atoms with Crippen LogP contribution in [0.5, 0.6) is 0 Å². The van der Waals surface area contributed by atoms with Gasteiger partial charge in [0.25, 0.3) is 0 Å². The predicted molar refractivity (Wildman–Crippen MR) is 105 cm³/mol. The third-order valence-electron chi connectivity index (χ3n) is 4.82. The van der Waals surface area contributed by atoms with Crippen molar-refractivity contribution >= 4 is 33.3 Å². The first-order chi connectivity index (χ1) is 13.3. The number of aromatic nitrogens is 4. The van der Waals surface area contributed by atoms with Gasteiger partial charge in [0, 0.05) is 29.5 Å². The fourth-order valence-electron chi connectivity index (χ4n) is 3.40. The second-order valence-corrected chi connectivity index (χ2v) is 6.69. The molecule has 1 aliphatic heterocycles. The number of hydrogen-bond donors (Lipinski definition) is 2. The Morgan fingerprint density at radius 2 is 1.96 bits per heavy atom. The molecule has 7 heteroatoms. The van der Waals surface area contributed by atoms with Crippen molar-refractivity contribution < 1.29 is 4.74 Å². The fraction of sp³-hybridized carbons (Fsp3) is 0.250. The number of benzene rings is 2. The molecule has 0 amide bonds. The van der Waals surface area contributed by atoms with E-state index in [9.17, 15) is 0 Å². The van der Waals surface area contributed by atoms with E-state index >= 15 is 0 Å². The molecular formula is C20H20N6O. The highest BCUT2D eigenvalue weighted by atomic mass is 16.5. The lowest BCUT2D eigenvalue weighted by Gasteiger charge is -2.26. The second kappa shape index (κ2) is 6.94. The number of fused-ring (bicyclic) bond motifs is 2. The number of rotatable bonds is 4. The summed E-state index contributed by atoms with van der Waals surface area (Å²) >= 11 is 0. The minimum Gasteiger partial charge on any atom is -0.379 e. The Bertz CT molecular complexity index is 1090. The predicted octanol–water partition coefficient (Wildman–Crippen LogP) is 3.08. The lowest BCUT2D eigenvalue weighted by Crippen LogP contribution is -2.36. The Labute approximate surface area is 156 Å². The molecule has 27 heavy (non-hydrogen) atoms. The van der Waals surface area contributed by atoms with Crippen molar-refractivity contribution in [3.8, 4) is 0 Å². The Morgan fingerprint density at radius 1 is 1.07 bits per heavy atom. The zero-order chi connectivity index (χ0) is 18.1. The molecule has 0 radical (unpaired) electrons. The van der Waals surface area contributed by atoms with Gasteiger partial charge in [0.05, 0.1) is 37.0 Å². The van der Waals surface area contributed by atoms with Crippen LogP contribution < -0.4 is 5.32 Å². The van der Waals surface area contributed by atoms with Crippen molar-refractivity contribution in [1.29, 1.82) is 0 Å². The molecule has 7 nitrogen and oxygen atoms in total. The van der Waals surface area contributed by atoms with Crippen LogP contribution in [0.1, 0.15) is 5.82 Å². The van der Waals surface area contributed by atoms with Gasteiger partial charge in [0.2, 0.25) is 0 Å². The molecule has 1 saturated heterocycles. The summed E-state index contributed by atoms with van der Waals surface area (Å²) in [6.07, 6.45) is 1.82. The van der Waals surface area contributed by atoms with Gasteiger partial charge in [0.15, 0.2) is 0 Å². The van der Waals surface area contributed by atoms with E-state index in [4.69, 9.17) is 14.7 Å². The third-order valence-corrected chi connectivity index (χ3v) is 4.82. The molecule has 2 N–H and O–H groups in total. The quantitative estimate of drug-likeness (QED) is 0.582. The van der Waals surface area contributed by atoms with Gasteiger partial charge in [-0.05, 0) is 30.3 Å². The molecule has 0 aliphatic carbocycles. The molecule has 0 atom stereocenters. The van der Waals surface area contributed by atoms with Crippen molar-refractivity contribution in [3.63, 3.8) is 0 Å². The average molecular weight is 360 g/mol. The van der Waals surface area contributed by atoms with Crippen molar-refractivity contribution in [3.05, 3.63) is 54.5 Å². The molecule has 1 aliphatic rings. The standard InChI is InChI=1S/C20H20N6O/c1-2-4-17-16(3-1)20(22-15-6-5-14-12-21-25-18(14)11-15)24-19(23-17)13-26-7-9-27-10-8-26/h1-6,11-12H,7-10,13H2,(H,21,25)(H,22,23,24). The van der Waals surface area contributed by atoms with E-state index in [0.717, 1.165) is 72.0 Å². The van der Waals surface area contributed by atoms with E-state index in [-0.39, 0.29) is 0 Å². The number of aromatic amines is 1. The lowest BCUT2D eigenvalue weighted by molar-refractivity contribution is 0.0331. The number of anilines is 2. The van der Waals surface area contributed by atoms with Gasteiger partial charge in [0.1, 0.15) is 11.6 Å². The number of para-hydroxylation sites is 1. The number of nitrogens with zero attached hydrogens (tertiary/aromatic N) is 4. The summed E-state index contributed by atoms with van der Waals surface area (Å²) in [6.45, 7) is 4.08. The fourth-order valence-corrected chi connectivity index (χ4v) is 3.40. The van der Waals surface area contributed by atoms with Gasteiger partial charge in [-0.2, -0.15) is 5.10 Å². The molecule has 2 aromatic heterocycles. The molecule has 3 heterocycles. The van der Waals surface area contributed by atoms with E-state index in [1.165, 1.54) is 0 Å². The number of nitrogens with one attached hydrogen (secondary N) is 2. The first-order valence-electron chi connectivity index (χ1n) is 9.11. The normalized spacial score (nSPS) is 15.4. The van der Waals surface area contributed by atoms with E-state index in [1.807, 2.05) is 48.7 Å². The van der Waals surface area contributed by atoms with Crippen LogP contribution in [0.2, 0.25) is 0 Å². The van der Waals surface area contributed by atoms with Crippen molar-refractivity contribution in [2.45, 2.75) is 6.54 Å². The first kappa shape index (κ1) is 16.2. The maximum atomic E-state index is 5.44. The smallest absolute Gasteiger partial charge is 0.145 e. The highest BCUT2D eigenvalue weighted by Gasteiger charge is 2.14. The van der Waals surface area contributed by atoms with Crippen LogP contribution in [0.3, 0.4) is 0 Å². The molecule has 136 valence electrons. The number of ether oxygens (including phenoxy) is 1. The Morgan fingerprint density at radius 3 is 2.89 bits per heavy atom. The summed E-state index contributed by atoms with van der Waals surface area (Å²) < 4.78 is 5.44. The molecule has 0 spiro atoms. The molecular weight excluding hydrogens is 340 g/mol. The van der Waals surface area contributed by atoms with Crippen LogP contribution in [-0.4, -0.2) is 51.4 Å². The summed E-state index contributed by atoms with van der Waals surface area (Å²) in [5, 5.41) is 12.6. The third kappa shape index (κ3) is 3.34. The molecule has 5 rings (SSSR count). The van der Waals surface area contributed by atoms with E-state index in [1.54, 1.807) is 0 Å². The molecule has 1 fully saturated rings. The Kier molecular flexibility index (Phi) is 4.16. The van der Waals surface area contributed by atoms with Gasteiger partial charge in [-0.15, -0.1) is 0 Å².